The number of aromatic nitrogens is 2. The van der Waals surface area contributed by atoms with Crippen LogP contribution in [0.2, 0.25) is 0 Å². The monoisotopic (exact) mass is 404 g/mol. The van der Waals surface area contributed by atoms with Gasteiger partial charge in [0.1, 0.15) is 0 Å². The van der Waals surface area contributed by atoms with Gasteiger partial charge in [-0.15, -0.1) is 10.2 Å². The van der Waals surface area contributed by atoms with E-state index in [9.17, 15) is 18.0 Å². The topological polar surface area (TPSA) is 109 Å². The van der Waals surface area contributed by atoms with Crippen LogP contribution in [0.4, 0.5) is 5.13 Å². The molecule has 0 spiro atoms. The number of anilines is 1. The lowest BCUT2D eigenvalue weighted by atomic mass is 10.3. The van der Waals surface area contributed by atoms with Crippen LogP contribution in [0.1, 0.15) is 32.6 Å². The Labute approximate surface area is 154 Å². The van der Waals surface area contributed by atoms with Crippen molar-refractivity contribution >= 4 is 49.9 Å². The van der Waals surface area contributed by atoms with Crippen molar-refractivity contribution in [3.05, 3.63) is 0 Å². The predicted molar refractivity (Wildman–Crippen MR) is 96.6 cm³/mol. The Morgan fingerprint density at radius 2 is 2.08 bits per heavy atom. The number of hydrogen-bond donors (Lipinski definition) is 1. The molecule has 0 aromatic carbocycles. The van der Waals surface area contributed by atoms with E-state index in [1.807, 2.05) is 6.92 Å². The molecule has 11 heteroatoms. The van der Waals surface area contributed by atoms with Crippen molar-refractivity contribution in [2.24, 2.45) is 0 Å². The molecule has 8 nitrogen and oxygen atoms in total. The van der Waals surface area contributed by atoms with Crippen LogP contribution in [0.15, 0.2) is 4.34 Å². The van der Waals surface area contributed by atoms with E-state index in [1.54, 1.807) is 4.90 Å². The zero-order valence-corrected chi connectivity index (χ0v) is 16.3. The third kappa shape index (κ3) is 4.91. The molecule has 1 aromatic rings. The van der Waals surface area contributed by atoms with Crippen molar-refractivity contribution in [2.45, 2.75) is 49.0 Å². The highest BCUT2D eigenvalue weighted by Crippen LogP contribution is 2.36. The molecule has 1 aliphatic heterocycles. The summed E-state index contributed by atoms with van der Waals surface area (Å²) in [7, 11) is -3.01. The quantitative estimate of drug-likeness (QED) is 0.530. The Hall–Kier alpha value is -1.20. The highest BCUT2D eigenvalue weighted by molar-refractivity contribution is 8.01. The van der Waals surface area contributed by atoms with E-state index in [-0.39, 0.29) is 41.2 Å². The molecule has 25 heavy (non-hydrogen) atoms. The molecule has 1 saturated carbocycles. The van der Waals surface area contributed by atoms with E-state index in [1.165, 1.54) is 23.1 Å². The van der Waals surface area contributed by atoms with E-state index in [0.717, 1.165) is 12.8 Å². The van der Waals surface area contributed by atoms with Gasteiger partial charge in [-0.05, 0) is 19.3 Å². The van der Waals surface area contributed by atoms with Crippen LogP contribution in [0.5, 0.6) is 0 Å². The second-order valence-corrected chi connectivity index (χ2v) is 10.6. The second-order valence-electron chi connectivity index (χ2n) is 6.16. The minimum absolute atomic E-state index is 0.0157. The van der Waals surface area contributed by atoms with Gasteiger partial charge in [0, 0.05) is 18.5 Å². The molecule has 2 heterocycles. The maximum absolute atomic E-state index is 12.1. The van der Waals surface area contributed by atoms with Crippen LogP contribution in [-0.4, -0.2) is 59.8 Å². The summed E-state index contributed by atoms with van der Waals surface area (Å²) in [5, 5.41) is 11.5. The van der Waals surface area contributed by atoms with Crippen LogP contribution in [-0.2, 0) is 19.4 Å². The summed E-state index contributed by atoms with van der Waals surface area (Å²) in [6.07, 6.45) is 2.86. The highest BCUT2D eigenvalue weighted by atomic mass is 32.2. The molecule has 0 bridgehead atoms. The molecule has 2 aliphatic rings. The van der Waals surface area contributed by atoms with Gasteiger partial charge >= 0.3 is 0 Å². The van der Waals surface area contributed by atoms with Gasteiger partial charge in [0.05, 0.1) is 17.3 Å². The third-order valence-corrected chi connectivity index (χ3v) is 7.83. The number of carbonyl (C=O) groups is 2. The van der Waals surface area contributed by atoms with Gasteiger partial charge < -0.3 is 5.32 Å². The first kappa shape index (κ1) is 18.6. The van der Waals surface area contributed by atoms with Crippen molar-refractivity contribution in [2.75, 3.05) is 22.2 Å². The number of thioether (sulfide) groups is 1. The van der Waals surface area contributed by atoms with E-state index >= 15 is 0 Å². The van der Waals surface area contributed by atoms with Gasteiger partial charge in [0.2, 0.25) is 16.9 Å². The Balaban J connectivity index is 1.51. The van der Waals surface area contributed by atoms with E-state index < -0.39 is 9.84 Å². The Morgan fingerprint density at radius 1 is 1.32 bits per heavy atom. The molecule has 0 radical (unpaired) electrons. The van der Waals surface area contributed by atoms with Crippen LogP contribution in [0, 0.1) is 0 Å². The number of hydrogen-bond acceptors (Lipinski definition) is 8. The fourth-order valence-electron chi connectivity index (χ4n) is 2.63. The molecular formula is C14H20N4O4S3. The van der Waals surface area contributed by atoms with Crippen molar-refractivity contribution in [3.63, 3.8) is 0 Å². The summed E-state index contributed by atoms with van der Waals surface area (Å²) in [6.45, 7) is 1.82. The Morgan fingerprint density at radius 3 is 2.68 bits per heavy atom. The fourth-order valence-corrected chi connectivity index (χ4v) is 6.05. The smallest absolute Gasteiger partial charge is 0.230 e. The van der Waals surface area contributed by atoms with Gasteiger partial charge in [-0.3, -0.25) is 14.5 Å². The van der Waals surface area contributed by atoms with E-state index in [4.69, 9.17) is 0 Å². The standard InChI is InChI=1S/C14H20N4O4S3/c1-2-12(20)18(10-3-4-10)13-16-17-14(24-13)23-7-11(19)15-9-5-6-25(21,22)8-9/h9-10H,2-8H2,1H3,(H,15,19)/t9-/m0/s1. The van der Waals surface area contributed by atoms with Crippen LogP contribution < -0.4 is 10.2 Å². The van der Waals surface area contributed by atoms with Crippen molar-refractivity contribution in [3.8, 4) is 0 Å². The second kappa shape index (κ2) is 7.58. The zero-order valence-electron chi connectivity index (χ0n) is 13.8. The maximum Gasteiger partial charge on any atom is 0.230 e. The molecule has 0 unspecified atom stereocenters. The number of amides is 2. The molecular weight excluding hydrogens is 384 g/mol. The lowest BCUT2D eigenvalue weighted by molar-refractivity contribution is -0.119. The summed E-state index contributed by atoms with van der Waals surface area (Å²) >= 11 is 2.55. The van der Waals surface area contributed by atoms with Gasteiger partial charge in [0.25, 0.3) is 0 Å². The van der Waals surface area contributed by atoms with Gasteiger partial charge in [-0.2, -0.15) is 0 Å². The summed E-state index contributed by atoms with van der Waals surface area (Å²) in [6, 6.07) is -0.0681. The van der Waals surface area contributed by atoms with Crippen molar-refractivity contribution in [1.29, 1.82) is 0 Å². The summed E-state index contributed by atoms with van der Waals surface area (Å²) in [5.74, 6) is 0.119. The van der Waals surface area contributed by atoms with E-state index in [2.05, 4.69) is 15.5 Å². The van der Waals surface area contributed by atoms with Crippen LogP contribution in [0.25, 0.3) is 0 Å². The number of sulfone groups is 1. The fraction of sp³-hybridized carbons (Fsp3) is 0.714. The number of nitrogens with zero attached hydrogens (tertiary/aromatic N) is 3. The predicted octanol–water partition coefficient (Wildman–Crippen LogP) is 0.839. The Bertz CT molecular complexity index is 760. The largest absolute Gasteiger partial charge is 0.352 e. The van der Waals surface area contributed by atoms with Crippen molar-refractivity contribution < 1.29 is 18.0 Å². The zero-order chi connectivity index (χ0) is 18.0. The molecule has 3 rings (SSSR count). The number of rotatable bonds is 7. The van der Waals surface area contributed by atoms with E-state index in [0.29, 0.717) is 22.3 Å². The maximum atomic E-state index is 12.1. The minimum Gasteiger partial charge on any atom is -0.352 e. The SMILES string of the molecule is CCC(=O)N(c1nnc(SCC(=O)N[C@H]2CCS(=O)(=O)C2)s1)C1CC1. The summed E-state index contributed by atoms with van der Waals surface area (Å²) in [4.78, 5) is 25.7. The van der Waals surface area contributed by atoms with Gasteiger partial charge in [-0.1, -0.05) is 30.0 Å². The van der Waals surface area contributed by atoms with Crippen molar-refractivity contribution in [1.82, 2.24) is 15.5 Å². The lowest BCUT2D eigenvalue weighted by Crippen LogP contribution is -2.36. The van der Waals surface area contributed by atoms with Gasteiger partial charge in [0.15, 0.2) is 14.2 Å². The first-order chi connectivity index (χ1) is 11.9. The molecule has 1 N–H and O–H groups in total. The molecule has 1 aromatic heterocycles. The molecule has 2 amide bonds. The molecule has 2 fully saturated rings. The number of nitrogens with one attached hydrogen (secondary N) is 1. The van der Waals surface area contributed by atoms with Crippen LogP contribution in [0.3, 0.4) is 0 Å². The first-order valence-electron chi connectivity index (χ1n) is 8.16. The molecule has 138 valence electrons. The average molecular weight is 405 g/mol. The van der Waals surface area contributed by atoms with Gasteiger partial charge in [-0.25, -0.2) is 8.42 Å². The molecule has 1 aliphatic carbocycles. The lowest BCUT2D eigenvalue weighted by Gasteiger charge is -2.17. The normalized spacial score (nSPS) is 21.9. The molecule has 1 saturated heterocycles. The summed E-state index contributed by atoms with van der Waals surface area (Å²) < 4.78 is 23.4. The third-order valence-electron chi connectivity index (χ3n) is 4.01. The average Bonchev–Trinajstić information content (AvgIpc) is 3.17. The molecule has 1 atom stereocenters. The minimum atomic E-state index is -3.01. The Kier molecular flexibility index (Phi) is 5.64. The van der Waals surface area contributed by atoms with Crippen LogP contribution >= 0.6 is 23.1 Å². The first-order valence-corrected chi connectivity index (χ1v) is 11.8. The highest BCUT2D eigenvalue weighted by Gasteiger charge is 2.35. The summed E-state index contributed by atoms with van der Waals surface area (Å²) in [5.41, 5.74) is 0. The number of carbonyl (C=O) groups excluding carboxylic acids is 2.